The van der Waals surface area contributed by atoms with Crippen LogP contribution in [0.25, 0.3) is 96.1 Å². The van der Waals surface area contributed by atoms with E-state index in [9.17, 15) is 0 Å². The Morgan fingerprint density at radius 2 is 0.939 bits per heavy atom. The molecule has 0 saturated carbocycles. The maximum Gasteiger partial charge on any atom is 0.120 e. The van der Waals surface area contributed by atoms with Crippen LogP contribution < -0.4 is 0 Å². The summed E-state index contributed by atoms with van der Waals surface area (Å²) >= 11 is 3.60. The number of para-hydroxylation sites is 1. The third-order valence-electron chi connectivity index (χ3n) is 10.9. The van der Waals surface area contributed by atoms with Crippen LogP contribution in [0.2, 0.25) is 0 Å². The van der Waals surface area contributed by atoms with Gasteiger partial charge in [-0.3, -0.25) is 15.0 Å². The zero-order valence-electron chi connectivity index (χ0n) is 36.5. The van der Waals surface area contributed by atoms with Crippen LogP contribution in [0.15, 0.2) is 132 Å². The largest absolute Gasteiger partial charge is 0.500 e. The Balaban J connectivity index is 0.000000144. The fraction of sp³-hybridized carbons (Fsp3) is 0.111. The fourth-order valence-corrected chi connectivity index (χ4v) is 10.3. The van der Waals surface area contributed by atoms with Crippen molar-refractivity contribution >= 4 is 85.0 Å². The molecule has 0 amide bonds. The fourth-order valence-electron chi connectivity index (χ4n) is 8.05. The Bertz CT molecular complexity index is 3520. The van der Waals surface area contributed by atoms with Crippen molar-refractivity contribution in [2.45, 2.75) is 41.5 Å². The molecule has 12 rings (SSSR count). The summed E-state index contributed by atoms with van der Waals surface area (Å²) in [5.74, 6) is 0. The van der Waals surface area contributed by atoms with Crippen LogP contribution in [-0.2, 0) is 63.2 Å². The average molecular weight is 1440 g/mol. The molecule has 6 heterocycles. The second-order valence-corrected chi connectivity index (χ2v) is 17.6. The first kappa shape index (κ1) is 48.8. The van der Waals surface area contributed by atoms with Gasteiger partial charge in [0.05, 0.1) is 22.7 Å². The van der Waals surface area contributed by atoms with Gasteiger partial charge in [0.1, 0.15) is 5.58 Å². The molecule has 6 aromatic heterocycles. The molecule has 0 aliphatic heterocycles. The Hall–Kier alpha value is -5.14. The number of aromatic nitrogens is 6. The second kappa shape index (κ2) is 20.8. The summed E-state index contributed by atoms with van der Waals surface area (Å²) in [6, 6.07) is 47.3. The summed E-state index contributed by atoms with van der Waals surface area (Å²) in [6.07, 6.45) is 5.42. The van der Waals surface area contributed by atoms with E-state index < -0.39 is 0 Å². The van der Waals surface area contributed by atoms with Crippen molar-refractivity contribution in [1.82, 2.24) is 29.9 Å². The van der Waals surface area contributed by atoms with E-state index in [2.05, 4.69) is 127 Å². The van der Waals surface area contributed by atoms with E-state index in [0.717, 1.165) is 89.9 Å². The summed E-state index contributed by atoms with van der Waals surface area (Å²) < 4.78 is 10.9. The molecule has 0 saturated heterocycles. The number of nitrogens with zero attached hydrogens (tertiary/aromatic N) is 6. The van der Waals surface area contributed by atoms with Gasteiger partial charge in [0.25, 0.3) is 0 Å². The number of benzene rings is 6. The van der Waals surface area contributed by atoms with E-state index in [1.807, 2.05) is 84.3 Å². The molecule has 0 aliphatic carbocycles. The van der Waals surface area contributed by atoms with Crippen LogP contribution >= 0.6 is 22.7 Å². The first-order valence-electron chi connectivity index (χ1n) is 20.6. The zero-order chi connectivity index (χ0) is 43.2. The molecule has 336 valence electrons. The summed E-state index contributed by atoms with van der Waals surface area (Å²) in [6.45, 7) is 11.9. The van der Waals surface area contributed by atoms with Crippen molar-refractivity contribution in [2.75, 3.05) is 0 Å². The molecular formula is C54H39N6OPt3S2-3. The normalized spacial score (nSPS) is 10.8. The number of fused-ring (bicyclic) bond motifs is 9. The molecule has 0 spiro atoms. The average Bonchev–Trinajstić information content (AvgIpc) is 3.98. The van der Waals surface area contributed by atoms with Gasteiger partial charge in [-0.2, -0.15) is 22.7 Å². The van der Waals surface area contributed by atoms with Gasteiger partial charge in [0, 0.05) is 131 Å². The maximum absolute atomic E-state index is 5.83. The minimum absolute atomic E-state index is 0. The molecule has 0 bridgehead atoms. The van der Waals surface area contributed by atoms with Crippen LogP contribution in [0.4, 0.5) is 0 Å². The first-order valence-corrected chi connectivity index (χ1v) is 22.2. The van der Waals surface area contributed by atoms with Gasteiger partial charge in [0.15, 0.2) is 0 Å². The van der Waals surface area contributed by atoms with Crippen LogP contribution in [0, 0.1) is 59.7 Å². The minimum Gasteiger partial charge on any atom is -0.500 e. The number of rotatable bonds is 3. The quantitative estimate of drug-likeness (QED) is 0.163. The van der Waals surface area contributed by atoms with Crippen molar-refractivity contribution in [3.63, 3.8) is 0 Å². The van der Waals surface area contributed by atoms with Crippen molar-refractivity contribution < 1.29 is 67.6 Å². The molecule has 0 atom stereocenters. The van der Waals surface area contributed by atoms with Gasteiger partial charge in [-0.05, 0) is 79.9 Å². The van der Waals surface area contributed by atoms with Crippen molar-refractivity contribution in [3.8, 4) is 33.8 Å². The monoisotopic (exact) mass is 1440 g/mol. The van der Waals surface area contributed by atoms with Crippen molar-refractivity contribution in [2.24, 2.45) is 0 Å². The summed E-state index contributed by atoms with van der Waals surface area (Å²) in [5, 5.41) is 7.33. The predicted molar refractivity (Wildman–Crippen MR) is 260 cm³/mol. The number of hydrogen-bond donors (Lipinski definition) is 0. The maximum atomic E-state index is 5.83. The number of furan rings is 1. The molecule has 0 unspecified atom stereocenters. The molecule has 0 fully saturated rings. The van der Waals surface area contributed by atoms with Gasteiger partial charge in [-0.1, -0.05) is 70.8 Å². The standard InChI is InChI=1S/C18H13N2O.2C18H13N2S.3Pt/c1-11-10-19-18(12(2)20-11)13-7-8-17-15(9-13)14-5-3-4-6-16(14)21-17;1-11-10-19-17(12(2)20-11)15-8-5-7-14-13-6-3-4-9-16(13)21-18(14)15;1-11-10-19-18(12(2)20-11)13-7-8-17-15(9-13)14-5-3-4-6-16(14)21-17;;;/h3-6,8-10H,1-2H3;3-7,9-10H,1-2H3;3-6,8-10H,1-2H3;;;/q3*-1;;;. The van der Waals surface area contributed by atoms with Crippen LogP contribution in [0.3, 0.4) is 0 Å². The predicted octanol–water partition coefficient (Wildman–Crippen LogP) is 14.3. The first-order chi connectivity index (χ1) is 30.7. The molecule has 6 aromatic carbocycles. The topological polar surface area (TPSA) is 90.5 Å². The van der Waals surface area contributed by atoms with Crippen molar-refractivity contribution in [3.05, 3.63) is 180 Å². The SMILES string of the molecule is Cc1cnc(-c2[c-]cc3oc4ccccc4c3c2)c(C)n1.Cc1cnc(-c2[c-]cc3sc4ccccc4c3c2)c(C)n1.Cc1cnc(-c2[c-]ccc3c2sc2ccccc23)c(C)n1.[Pt].[Pt].[Pt]. The number of hydrogen-bond acceptors (Lipinski definition) is 9. The molecule has 12 heteroatoms. The molecule has 12 aromatic rings. The van der Waals surface area contributed by atoms with E-state index in [1.54, 1.807) is 28.9 Å². The third kappa shape index (κ3) is 9.66. The molecule has 7 nitrogen and oxygen atoms in total. The van der Waals surface area contributed by atoms with Crippen LogP contribution in [-0.4, -0.2) is 29.9 Å². The Kier molecular flexibility index (Phi) is 15.4. The number of aryl methyl sites for hydroxylation is 6. The van der Waals surface area contributed by atoms with E-state index in [4.69, 9.17) is 4.42 Å². The van der Waals surface area contributed by atoms with Crippen molar-refractivity contribution in [1.29, 1.82) is 0 Å². The van der Waals surface area contributed by atoms with E-state index in [-0.39, 0.29) is 63.2 Å². The Labute approximate surface area is 434 Å². The summed E-state index contributed by atoms with van der Waals surface area (Å²) in [5.41, 5.74) is 13.1. The Morgan fingerprint density at radius 3 is 1.55 bits per heavy atom. The summed E-state index contributed by atoms with van der Waals surface area (Å²) in [7, 11) is 0. The van der Waals surface area contributed by atoms with Gasteiger partial charge in [-0.15, -0.1) is 71.3 Å². The zero-order valence-corrected chi connectivity index (χ0v) is 44.9. The van der Waals surface area contributed by atoms with Gasteiger partial charge in [0.2, 0.25) is 0 Å². The van der Waals surface area contributed by atoms with Gasteiger partial charge >= 0.3 is 0 Å². The van der Waals surface area contributed by atoms with Crippen LogP contribution in [0.5, 0.6) is 0 Å². The van der Waals surface area contributed by atoms with E-state index in [1.165, 1.54) is 40.3 Å². The molecular weight excluding hydrogens is 1400 g/mol. The number of thiophene rings is 2. The molecule has 0 N–H and O–H groups in total. The smallest absolute Gasteiger partial charge is 0.120 e. The van der Waals surface area contributed by atoms with E-state index >= 15 is 0 Å². The van der Waals surface area contributed by atoms with Crippen LogP contribution in [0.1, 0.15) is 34.2 Å². The summed E-state index contributed by atoms with van der Waals surface area (Å²) in [4.78, 5) is 27.1. The van der Waals surface area contributed by atoms with Gasteiger partial charge in [-0.25, -0.2) is 0 Å². The Morgan fingerprint density at radius 1 is 0.439 bits per heavy atom. The molecule has 0 aliphatic rings. The minimum atomic E-state index is 0. The third-order valence-corrected chi connectivity index (χ3v) is 13.2. The van der Waals surface area contributed by atoms with E-state index in [0.29, 0.717) is 0 Å². The molecule has 66 heavy (non-hydrogen) atoms. The van der Waals surface area contributed by atoms with Gasteiger partial charge < -0.3 is 19.4 Å². The molecule has 0 radical (unpaired) electrons. The second-order valence-electron chi connectivity index (χ2n) is 15.5.